The third-order valence-electron chi connectivity index (χ3n) is 0.774. The molecule has 0 atom stereocenters. The molecule has 0 aliphatic rings. The summed E-state index contributed by atoms with van der Waals surface area (Å²) in [4.78, 5) is 0. The largest absolute Gasteiger partial charge is 0.286 e. The Morgan fingerprint density at radius 3 is 2.40 bits per heavy atom. The molecule has 0 saturated heterocycles. The lowest BCUT2D eigenvalue weighted by atomic mass is 10.6. The normalized spacial score (nSPS) is 11.8. The van der Waals surface area contributed by atoms with E-state index in [1.54, 1.807) is 0 Å². The Morgan fingerprint density at radius 2 is 2.00 bits per heavy atom. The maximum atomic E-state index is 10.1. The fourth-order valence-corrected chi connectivity index (χ4v) is 2.09. The average Bonchev–Trinajstić information content (AvgIpc) is 1.78. The van der Waals surface area contributed by atoms with Crippen molar-refractivity contribution in [3.63, 3.8) is 0 Å². The van der Waals surface area contributed by atoms with Crippen molar-refractivity contribution in [3.05, 3.63) is 6.92 Å². The molecule has 0 aromatic carbocycles. The molecule has 3 nitrogen and oxygen atoms in total. The molecule has 0 aliphatic carbocycles. The highest BCUT2D eigenvalue weighted by Crippen LogP contribution is 2.01. The average molecular weight is 183 g/mol. The predicted molar refractivity (Wildman–Crippen MR) is 43.7 cm³/mol. The smallest absolute Gasteiger partial charge is 0.265 e. The second-order valence-electron chi connectivity index (χ2n) is 1.75. The molecule has 5 heteroatoms. The first-order valence-electron chi connectivity index (χ1n) is 2.88. The van der Waals surface area contributed by atoms with Gasteiger partial charge in [-0.3, -0.25) is 4.55 Å². The molecular formula is C5H11O3S2. The number of rotatable bonds is 5. The van der Waals surface area contributed by atoms with Gasteiger partial charge in [-0.25, -0.2) is 0 Å². The zero-order valence-corrected chi connectivity index (χ0v) is 7.25. The highest BCUT2D eigenvalue weighted by atomic mass is 32.2. The minimum atomic E-state index is -3.75. The van der Waals surface area contributed by atoms with Gasteiger partial charge in [0.25, 0.3) is 10.1 Å². The van der Waals surface area contributed by atoms with E-state index in [1.807, 2.05) is 0 Å². The van der Waals surface area contributed by atoms with Gasteiger partial charge in [0.1, 0.15) is 0 Å². The summed E-state index contributed by atoms with van der Waals surface area (Å²) in [5.41, 5.74) is 0. The molecule has 0 bridgehead atoms. The van der Waals surface area contributed by atoms with Gasteiger partial charge < -0.3 is 0 Å². The second-order valence-corrected chi connectivity index (χ2v) is 4.55. The van der Waals surface area contributed by atoms with Crippen LogP contribution in [-0.4, -0.2) is 30.2 Å². The molecule has 10 heavy (non-hydrogen) atoms. The van der Waals surface area contributed by atoms with Crippen LogP contribution in [0.25, 0.3) is 0 Å². The van der Waals surface area contributed by atoms with Crippen molar-refractivity contribution in [3.8, 4) is 0 Å². The van der Waals surface area contributed by atoms with E-state index in [2.05, 4.69) is 6.92 Å². The van der Waals surface area contributed by atoms with E-state index in [4.69, 9.17) is 4.55 Å². The molecule has 1 radical (unpaired) electrons. The SMILES string of the molecule is [CH2]CCSCCS(=O)(=O)O. The van der Waals surface area contributed by atoms with Crippen LogP contribution in [0.3, 0.4) is 0 Å². The molecule has 1 N–H and O–H groups in total. The van der Waals surface area contributed by atoms with E-state index in [-0.39, 0.29) is 5.75 Å². The quantitative estimate of drug-likeness (QED) is 0.506. The van der Waals surface area contributed by atoms with Crippen LogP contribution in [-0.2, 0) is 10.1 Å². The van der Waals surface area contributed by atoms with Gasteiger partial charge in [-0.05, 0) is 12.2 Å². The first-order valence-corrected chi connectivity index (χ1v) is 5.65. The molecule has 0 heterocycles. The van der Waals surface area contributed by atoms with Gasteiger partial charge in [-0.15, -0.1) is 0 Å². The summed E-state index contributed by atoms with van der Waals surface area (Å²) in [6.07, 6.45) is 0.788. The summed E-state index contributed by atoms with van der Waals surface area (Å²) < 4.78 is 28.5. The number of thioether (sulfide) groups is 1. The van der Waals surface area contributed by atoms with Crippen molar-refractivity contribution in [2.45, 2.75) is 6.42 Å². The third kappa shape index (κ3) is 8.26. The van der Waals surface area contributed by atoms with Crippen molar-refractivity contribution in [1.29, 1.82) is 0 Å². The van der Waals surface area contributed by atoms with Gasteiger partial charge >= 0.3 is 0 Å². The van der Waals surface area contributed by atoms with Crippen molar-refractivity contribution in [1.82, 2.24) is 0 Å². The second kappa shape index (κ2) is 4.98. The molecule has 0 amide bonds. The summed E-state index contributed by atoms with van der Waals surface area (Å²) in [6.45, 7) is 3.59. The first kappa shape index (κ1) is 10.3. The van der Waals surface area contributed by atoms with Crippen LogP contribution in [0.2, 0.25) is 0 Å². The maximum Gasteiger partial charge on any atom is 0.265 e. The molecule has 0 rings (SSSR count). The highest BCUT2D eigenvalue weighted by molar-refractivity contribution is 8.00. The Morgan fingerprint density at radius 1 is 1.40 bits per heavy atom. The third-order valence-corrected chi connectivity index (χ3v) is 2.82. The summed E-state index contributed by atoms with van der Waals surface area (Å²) in [7, 11) is -3.75. The van der Waals surface area contributed by atoms with Crippen molar-refractivity contribution in [2.75, 3.05) is 17.3 Å². The zero-order valence-electron chi connectivity index (χ0n) is 5.62. The monoisotopic (exact) mass is 183 g/mol. The van der Waals surface area contributed by atoms with E-state index >= 15 is 0 Å². The minimum Gasteiger partial charge on any atom is -0.286 e. The summed E-state index contributed by atoms with van der Waals surface area (Å²) in [5.74, 6) is 1.14. The van der Waals surface area contributed by atoms with E-state index < -0.39 is 10.1 Å². The van der Waals surface area contributed by atoms with Gasteiger partial charge in [0.15, 0.2) is 0 Å². The topological polar surface area (TPSA) is 54.4 Å². The first-order chi connectivity index (χ1) is 4.56. The van der Waals surface area contributed by atoms with E-state index in [1.165, 1.54) is 11.8 Å². The molecule has 61 valence electrons. The van der Waals surface area contributed by atoms with Crippen LogP contribution >= 0.6 is 11.8 Å². The Hall–Kier alpha value is 0.260. The van der Waals surface area contributed by atoms with Gasteiger partial charge in [-0.2, -0.15) is 20.2 Å². The number of hydrogen-bond acceptors (Lipinski definition) is 3. The van der Waals surface area contributed by atoms with Crippen molar-refractivity contribution in [2.24, 2.45) is 0 Å². The predicted octanol–water partition coefficient (Wildman–Crippen LogP) is 0.832. The van der Waals surface area contributed by atoms with Crippen molar-refractivity contribution < 1.29 is 13.0 Å². The molecule has 0 aliphatic heterocycles. The molecular weight excluding hydrogens is 172 g/mol. The molecule has 0 aromatic heterocycles. The maximum absolute atomic E-state index is 10.1. The van der Waals surface area contributed by atoms with E-state index in [0.717, 1.165) is 12.2 Å². The van der Waals surface area contributed by atoms with E-state index in [9.17, 15) is 8.42 Å². The summed E-state index contributed by atoms with van der Waals surface area (Å²) in [6, 6.07) is 0. The molecule has 0 aromatic rings. The lowest BCUT2D eigenvalue weighted by Crippen LogP contribution is -2.06. The molecule has 0 spiro atoms. The lowest BCUT2D eigenvalue weighted by Gasteiger charge is -1.95. The van der Waals surface area contributed by atoms with Crippen LogP contribution in [0, 0.1) is 6.92 Å². The molecule has 0 saturated carbocycles. The Bertz CT molecular complexity index is 162. The van der Waals surface area contributed by atoms with Crippen LogP contribution in [0.1, 0.15) is 6.42 Å². The molecule has 0 fully saturated rings. The standard InChI is InChI=1S/C5H11O3S2/c1-2-3-9-4-5-10(6,7)8/h1-5H2,(H,6,7,8). The van der Waals surface area contributed by atoms with Gasteiger partial charge in [0, 0.05) is 5.75 Å². The van der Waals surface area contributed by atoms with Gasteiger partial charge in [-0.1, -0.05) is 6.92 Å². The fourth-order valence-electron chi connectivity index (χ4n) is 0.368. The van der Waals surface area contributed by atoms with Crippen LogP contribution in [0.5, 0.6) is 0 Å². The fraction of sp³-hybridized carbons (Fsp3) is 0.800. The molecule has 0 unspecified atom stereocenters. The minimum absolute atomic E-state index is 0.155. The Kier molecular flexibility index (Phi) is 5.11. The summed E-state index contributed by atoms with van der Waals surface area (Å²) in [5, 5.41) is 0. The summed E-state index contributed by atoms with van der Waals surface area (Å²) >= 11 is 1.48. The van der Waals surface area contributed by atoms with Crippen molar-refractivity contribution >= 4 is 21.9 Å². The van der Waals surface area contributed by atoms with Crippen LogP contribution < -0.4 is 0 Å². The van der Waals surface area contributed by atoms with Crippen LogP contribution in [0.4, 0.5) is 0 Å². The van der Waals surface area contributed by atoms with E-state index in [0.29, 0.717) is 5.75 Å². The van der Waals surface area contributed by atoms with Gasteiger partial charge in [0.05, 0.1) is 5.75 Å². The Balaban J connectivity index is 3.21. The Labute approximate surface area is 66.0 Å². The highest BCUT2D eigenvalue weighted by Gasteiger charge is 2.02. The number of hydrogen-bond donors (Lipinski definition) is 1. The van der Waals surface area contributed by atoms with Gasteiger partial charge in [0.2, 0.25) is 0 Å². The zero-order chi connectivity index (χ0) is 8.04. The van der Waals surface area contributed by atoms with Crippen LogP contribution in [0.15, 0.2) is 0 Å². The lowest BCUT2D eigenvalue weighted by molar-refractivity contribution is 0.485.